The lowest BCUT2D eigenvalue weighted by molar-refractivity contribution is -0.121. The zero-order valence-corrected chi connectivity index (χ0v) is 16.1. The third kappa shape index (κ3) is 4.56. The molecule has 1 aromatic heterocycles. The van der Waals surface area contributed by atoms with Gasteiger partial charge >= 0.3 is 0 Å². The number of rotatable bonds is 5. The number of likely N-dealkylation sites (tertiary alicyclic amines) is 1. The molecule has 7 heteroatoms. The van der Waals surface area contributed by atoms with Crippen molar-refractivity contribution in [3.05, 3.63) is 51.2 Å². The summed E-state index contributed by atoms with van der Waals surface area (Å²) in [6.45, 7) is 1.19. The van der Waals surface area contributed by atoms with Crippen molar-refractivity contribution in [3.63, 3.8) is 0 Å². The van der Waals surface area contributed by atoms with E-state index >= 15 is 0 Å². The largest absolute Gasteiger partial charge is 0.496 e. The zero-order chi connectivity index (χ0) is 18.5. The van der Waals surface area contributed by atoms with Gasteiger partial charge in [-0.15, -0.1) is 11.3 Å². The van der Waals surface area contributed by atoms with Gasteiger partial charge in [0.05, 0.1) is 19.1 Å². The number of carbonyl (C=O) groups is 2. The minimum absolute atomic E-state index is 0.0359. The van der Waals surface area contributed by atoms with Crippen LogP contribution in [0.25, 0.3) is 0 Å². The summed E-state index contributed by atoms with van der Waals surface area (Å²) in [6.07, 6.45) is 1.89. The van der Waals surface area contributed by atoms with E-state index in [9.17, 15) is 9.59 Å². The van der Waals surface area contributed by atoms with Crippen molar-refractivity contribution in [1.29, 1.82) is 0 Å². The predicted molar refractivity (Wildman–Crippen MR) is 103 cm³/mol. The number of thiophene rings is 1. The number of ether oxygens (including phenoxy) is 1. The molecule has 0 spiro atoms. The summed E-state index contributed by atoms with van der Waals surface area (Å²) in [7, 11) is 1.54. The van der Waals surface area contributed by atoms with E-state index in [2.05, 4.69) is 5.32 Å². The molecule has 3 rings (SSSR count). The van der Waals surface area contributed by atoms with E-state index in [0.29, 0.717) is 35.8 Å². The summed E-state index contributed by atoms with van der Waals surface area (Å²) in [6, 6.07) is 9.05. The summed E-state index contributed by atoms with van der Waals surface area (Å²) in [5.41, 5.74) is 0.472. The van der Waals surface area contributed by atoms with Crippen molar-refractivity contribution in [2.45, 2.75) is 25.3 Å². The fourth-order valence-corrected chi connectivity index (χ4v) is 3.97. The van der Waals surface area contributed by atoms with Crippen molar-refractivity contribution < 1.29 is 14.3 Å². The van der Waals surface area contributed by atoms with Crippen LogP contribution in [0.4, 0.5) is 0 Å². The molecule has 0 bridgehead atoms. The number of nitrogens with zero attached hydrogens (tertiary/aromatic N) is 1. The minimum atomic E-state index is -0.0901. The molecule has 2 heterocycles. The van der Waals surface area contributed by atoms with Crippen molar-refractivity contribution >= 4 is 34.8 Å². The Morgan fingerprint density at radius 2 is 2.08 bits per heavy atom. The zero-order valence-electron chi connectivity index (χ0n) is 14.5. The number of halogens is 1. The number of hydrogen-bond acceptors (Lipinski definition) is 4. The molecule has 0 saturated carbocycles. The standard InChI is InChI=1S/C19H21ClN2O3S/c1-25-17-5-4-13(20)11-16(17)19(24)22-8-6-14(7-9-22)21-18(23)12-15-3-2-10-26-15/h2-5,10-11,14H,6-9,12H2,1H3,(H,21,23). The smallest absolute Gasteiger partial charge is 0.257 e. The van der Waals surface area contributed by atoms with Gasteiger partial charge in [-0.1, -0.05) is 17.7 Å². The molecule has 5 nitrogen and oxygen atoms in total. The maximum atomic E-state index is 12.8. The second-order valence-corrected chi connectivity index (χ2v) is 7.70. The molecule has 2 amide bonds. The first-order valence-electron chi connectivity index (χ1n) is 8.51. The highest BCUT2D eigenvalue weighted by molar-refractivity contribution is 7.10. The highest BCUT2D eigenvalue weighted by atomic mass is 35.5. The third-order valence-electron chi connectivity index (χ3n) is 4.45. The van der Waals surface area contributed by atoms with Crippen LogP contribution in [0, 0.1) is 0 Å². The van der Waals surface area contributed by atoms with Gasteiger partial charge in [0, 0.05) is 29.0 Å². The second kappa shape index (κ2) is 8.56. The Kier molecular flexibility index (Phi) is 6.16. The highest BCUT2D eigenvalue weighted by Crippen LogP contribution is 2.25. The number of benzene rings is 1. The van der Waals surface area contributed by atoms with E-state index in [0.717, 1.165) is 17.7 Å². The van der Waals surface area contributed by atoms with Crippen LogP contribution in [-0.2, 0) is 11.2 Å². The van der Waals surface area contributed by atoms with Crippen molar-refractivity contribution in [2.24, 2.45) is 0 Å². The Bertz CT molecular complexity index is 771. The van der Waals surface area contributed by atoms with E-state index in [1.807, 2.05) is 17.5 Å². The summed E-state index contributed by atoms with van der Waals surface area (Å²) >= 11 is 7.61. The molecule has 1 N–H and O–H groups in total. The number of nitrogens with one attached hydrogen (secondary N) is 1. The van der Waals surface area contributed by atoms with Gasteiger partial charge in [-0.25, -0.2) is 0 Å². The predicted octanol–water partition coefficient (Wildman–Crippen LogP) is 3.37. The lowest BCUT2D eigenvalue weighted by atomic mass is 10.0. The average Bonchev–Trinajstić information content (AvgIpc) is 3.14. The number of amides is 2. The molecule has 0 atom stereocenters. The lowest BCUT2D eigenvalue weighted by Gasteiger charge is -2.32. The molecule has 1 aromatic carbocycles. The maximum Gasteiger partial charge on any atom is 0.257 e. The van der Waals surface area contributed by atoms with E-state index in [4.69, 9.17) is 16.3 Å². The fraction of sp³-hybridized carbons (Fsp3) is 0.368. The summed E-state index contributed by atoms with van der Waals surface area (Å²) < 4.78 is 5.27. The first-order valence-corrected chi connectivity index (χ1v) is 9.77. The SMILES string of the molecule is COc1ccc(Cl)cc1C(=O)N1CCC(NC(=O)Cc2cccs2)CC1. The second-order valence-electron chi connectivity index (χ2n) is 6.23. The van der Waals surface area contributed by atoms with Crippen LogP contribution in [0.5, 0.6) is 5.75 Å². The number of piperidine rings is 1. The Hall–Kier alpha value is -2.05. The van der Waals surface area contributed by atoms with E-state index < -0.39 is 0 Å². The molecule has 26 heavy (non-hydrogen) atoms. The Morgan fingerprint density at radius 3 is 2.73 bits per heavy atom. The molecule has 0 aliphatic carbocycles. The van der Waals surface area contributed by atoms with E-state index in [-0.39, 0.29) is 17.9 Å². The van der Waals surface area contributed by atoms with Crippen LogP contribution in [0.3, 0.4) is 0 Å². The van der Waals surface area contributed by atoms with Gasteiger partial charge in [-0.2, -0.15) is 0 Å². The summed E-state index contributed by atoms with van der Waals surface area (Å²) in [5.74, 6) is 0.465. The van der Waals surface area contributed by atoms with E-state index in [1.165, 1.54) is 7.11 Å². The molecular formula is C19H21ClN2O3S. The van der Waals surface area contributed by atoms with Gasteiger partial charge in [0.25, 0.3) is 5.91 Å². The van der Waals surface area contributed by atoms with Crippen LogP contribution in [0.2, 0.25) is 5.02 Å². The van der Waals surface area contributed by atoms with Crippen LogP contribution in [-0.4, -0.2) is 43.0 Å². The van der Waals surface area contributed by atoms with Crippen LogP contribution in [0.1, 0.15) is 28.1 Å². The number of carbonyl (C=O) groups excluding carboxylic acids is 2. The number of hydrogen-bond donors (Lipinski definition) is 1. The van der Waals surface area contributed by atoms with Gasteiger partial charge in [0.15, 0.2) is 0 Å². The van der Waals surface area contributed by atoms with Gasteiger partial charge in [-0.05, 0) is 42.5 Å². The van der Waals surface area contributed by atoms with Crippen LogP contribution in [0.15, 0.2) is 35.7 Å². The van der Waals surface area contributed by atoms with E-state index in [1.54, 1.807) is 34.4 Å². The first kappa shape index (κ1) is 18.7. The molecule has 138 valence electrons. The van der Waals surface area contributed by atoms with Crippen molar-refractivity contribution in [3.8, 4) is 5.75 Å². The van der Waals surface area contributed by atoms with Gasteiger partial charge in [-0.3, -0.25) is 9.59 Å². The normalized spacial score (nSPS) is 14.9. The average molecular weight is 393 g/mol. The van der Waals surface area contributed by atoms with Crippen molar-refractivity contribution in [2.75, 3.05) is 20.2 Å². The molecule has 0 radical (unpaired) electrons. The third-order valence-corrected chi connectivity index (χ3v) is 5.57. The summed E-state index contributed by atoms with van der Waals surface area (Å²) in [5, 5.41) is 5.55. The molecular weight excluding hydrogens is 372 g/mol. The Morgan fingerprint density at radius 1 is 1.31 bits per heavy atom. The van der Waals surface area contributed by atoms with Gasteiger partial charge in [0.2, 0.25) is 5.91 Å². The maximum absolute atomic E-state index is 12.8. The molecule has 1 aliphatic heterocycles. The molecule has 1 aliphatic rings. The highest BCUT2D eigenvalue weighted by Gasteiger charge is 2.26. The van der Waals surface area contributed by atoms with Gasteiger partial charge in [0.1, 0.15) is 5.75 Å². The molecule has 1 saturated heterocycles. The molecule has 1 fully saturated rings. The summed E-state index contributed by atoms with van der Waals surface area (Å²) in [4.78, 5) is 27.7. The Balaban J connectivity index is 1.54. The molecule has 0 unspecified atom stereocenters. The lowest BCUT2D eigenvalue weighted by Crippen LogP contribution is -2.46. The quantitative estimate of drug-likeness (QED) is 0.848. The number of methoxy groups -OCH3 is 1. The van der Waals surface area contributed by atoms with Gasteiger partial charge < -0.3 is 15.0 Å². The monoisotopic (exact) mass is 392 g/mol. The molecule has 2 aromatic rings. The topological polar surface area (TPSA) is 58.6 Å². The fourth-order valence-electron chi connectivity index (χ4n) is 3.09. The Labute approximate surface area is 161 Å². The van der Waals surface area contributed by atoms with Crippen LogP contribution >= 0.6 is 22.9 Å². The van der Waals surface area contributed by atoms with Crippen molar-refractivity contribution in [1.82, 2.24) is 10.2 Å². The van der Waals surface area contributed by atoms with Crippen LogP contribution < -0.4 is 10.1 Å². The first-order chi connectivity index (χ1) is 12.6. The minimum Gasteiger partial charge on any atom is -0.496 e.